The second-order valence-corrected chi connectivity index (χ2v) is 7.96. The summed E-state index contributed by atoms with van der Waals surface area (Å²) in [5.41, 5.74) is -0.0156. The third-order valence-corrected chi connectivity index (χ3v) is 4.02. The standard InChI is InChI=1S/C13H16N2O6.C9H10N2O4/c1-13(2,3)21-12(17)10(11(16)20-4)8-5-6-9(14-7-8)15(18)19;1-2-15-9(12)5-7-3-4-8(10-6-7)11(13)14/h5-7,10H,1-4H3;3-4,6H,2,5H2,1H3. The zero-order valence-electron chi connectivity index (χ0n) is 20.3. The molecule has 2 heterocycles. The lowest BCUT2D eigenvalue weighted by Gasteiger charge is -2.22. The summed E-state index contributed by atoms with van der Waals surface area (Å²) in [6, 6.07) is 5.13. The first kappa shape index (κ1) is 29.5. The molecule has 0 amide bonds. The van der Waals surface area contributed by atoms with Gasteiger partial charge in [-0.2, -0.15) is 0 Å². The quantitative estimate of drug-likeness (QED) is 0.167. The zero-order chi connectivity index (χ0) is 27.5. The summed E-state index contributed by atoms with van der Waals surface area (Å²) in [5.74, 6) is -3.94. The number of hydrogen-bond acceptors (Lipinski definition) is 12. The maximum absolute atomic E-state index is 12.1. The Bertz CT molecular complexity index is 1080. The van der Waals surface area contributed by atoms with Crippen molar-refractivity contribution < 1.29 is 38.4 Å². The van der Waals surface area contributed by atoms with Gasteiger partial charge in [0.15, 0.2) is 5.92 Å². The third kappa shape index (κ3) is 9.79. The maximum Gasteiger partial charge on any atom is 0.363 e. The number of ether oxygens (including phenoxy) is 3. The number of carbonyl (C=O) groups excluding carboxylic acids is 3. The Hall–Kier alpha value is -4.49. The molecule has 0 aliphatic rings. The highest BCUT2D eigenvalue weighted by molar-refractivity contribution is 6.00. The van der Waals surface area contributed by atoms with Crippen LogP contribution in [0.4, 0.5) is 11.6 Å². The molecule has 2 aromatic heterocycles. The lowest BCUT2D eigenvalue weighted by molar-refractivity contribution is -0.389. The molecule has 0 saturated heterocycles. The lowest BCUT2D eigenvalue weighted by atomic mass is 10.0. The molecule has 14 nitrogen and oxygen atoms in total. The van der Waals surface area contributed by atoms with Crippen LogP contribution >= 0.6 is 0 Å². The van der Waals surface area contributed by atoms with Crippen molar-refractivity contribution in [3.05, 3.63) is 68.0 Å². The molecule has 0 fully saturated rings. The minimum atomic E-state index is -1.33. The Morgan fingerprint density at radius 2 is 1.50 bits per heavy atom. The Kier molecular flexibility index (Phi) is 11.0. The smallest absolute Gasteiger partial charge is 0.363 e. The highest BCUT2D eigenvalue weighted by Gasteiger charge is 2.35. The molecule has 0 bridgehead atoms. The number of hydrogen-bond donors (Lipinski definition) is 0. The van der Waals surface area contributed by atoms with Crippen molar-refractivity contribution in [2.75, 3.05) is 13.7 Å². The van der Waals surface area contributed by atoms with Crippen LogP contribution in [0.2, 0.25) is 0 Å². The molecule has 36 heavy (non-hydrogen) atoms. The topological polar surface area (TPSA) is 191 Å². The number of nitro groups is 2. The van der Waals surface area contributed by atoms with Crippen LogP contribution in [0.15, 0.2) is 36.7 Å². The van der Waals surface area contributed by atoms with E-state index in [1.807, 2.05) is 0 Å². The average molecular weight is 506 g/mol. The van der Waals surface area contributed by atoms with E-state index in [-0.39, 0.29) is 29.6 Å². The van der Waals surface area contributed by atoms with Gasteiger partial charge in [-0.3, -0.25) is 14.4 Å². The summed E-state index contributed by atoms with van der Waals surface area (Å²) < 4.78 is 14.5. The molecule has 194 valence electrons. The van der Waals surface area contributed by atoms with Crippen LogP contribution in [0.3, 0.4) is 0 Å². The van der Waals surface area contributed by atoms with Gasteiger partial charge < -0.3 is 34.4 Å². The van der Waals surface area contributed by atoms with Crippen LogP contribution < -0.4 is 0 Å². The number of aromatic nitrogens is 2. The fourth-order valence-corrected chi connectivity index (χ4v) is 2.53. The Balaban J connectivity index is 0.000000381. The summed E-state index contributed by atoms with van der Waals surface area (Å²) in [5, 5.41) is 20.8. The molecular formula is C22H26N4O10. The van der Waals surface area contributed by atoms with E-state index < -0.39 is 33.3 Å². The van der Waals surface area contributed by atoms with Gasteiger partial charge in [0.1, 0.15) is 18.0 Å². The molecule has 14 heteroatoms. The number of pyridine rings is 2. The van der Waals surface area contributed by atoms with Crippen LogP contribution in [0.25, 0.3) is 0 Å². The number of carbonyl (C=O) groups is 3. The van der Waals surface area contributed by atoms with Gasteiger partial charge in [0.05, 0.1) is 20.1 Å². The van der Waals surface area contributed by atoms with Gasteiger partial charge in [-0.05, 0) is 59.6 Å². The van der Waals surface area contributed by atoms with E-state index in [1.165, 1.54) is 24.4 Å². The molecule has 0 N–H and O–H groups in total. The van der Waals surface area contributed by atoms with Crippen molar-refractivity contribution in [2.24, 2.45) is 0 Å². The molecule has 0 saturated carbocycles. The normalized spacial score (nSPS) is 11.2. The molecule has 0 aliphatic heterocycles. The van der Waals surface area contributed by atoms with Crippen LogP contribution in [-0.2, 0) is 35.0 Å². The van der Waals surface area contributed by atoms with E-state index in [1.54, 1.807) is 27.7 Å². The highest BCUT2D eigenvalue weighted by atomic mass is 16.6. The van der Waals surface area contributed by atoms with E-state index >= 15 is 0 Å². The highest BCUT2D eigenvalue weighted by Crippen LogP contribution is 2.23. The Morgan fingerprint density at radius 1 is 0.944 bits per heavy atom. The lowest BCUT2D eigenvalue weighted by Crippen LogP contribution is -2.32. The first-order chi connectivity index (χ1) is 16.8. The fraction of sp³-hybridized carbons (Fsp3) is 0.409. The van der Waals surface area contributed by atoms with Crippen molar-refractivity contribution >= 4 is 29.5 Å². The molecule has 0 aromatic carbocycles. The maximum atomic E-state index is 12.1. The molecule has 0 aliphatic carbocycles. The van der Waals surface area contributed by atoms with E-state index in [0.717, 1.165) is 19.4 Å². The van der Waals surface area contributed by atoms with E-state index in [0.29, 0.717) is 12.2 Å². The number of esters is 3. The van der Waals surface area contributed by atoms with Crippen molar-refractivity contribution in [1.82, 2.24) is 9.97 Å². The van der Waals surface area contributed by atoms with E-state index in [4.69, 9.17) is 9.47 Å². The van der Waals surface area contributed by atoms with Gasteiger partial charge in [-0.15, -0.1) is 0 Å². The first-order valence-electron chi connectivity index (χ1n) is 10.4. The molecule has 1 unspecified atom stereocenters. The van der Waals surface area contributed by atoms with Crippen molar-refractivity contribution in [3.63, 3.8) is 0 Å². The van der Waals surface area contributed by atoms with Gasteiger partial charge in [0.2, 0.25) is 0 Å². The second kappa shape index (κ2) is 13.4. The minimum Gasteiger partial charge on any atom is -0.468 e. The molecular weight excluding hydrogens is 480 g/mol. The van der Waals surface area contributed by atoms with Crippen molar-refractivity contribution in [2.45, 2.75) is 45.6 Å². The van der Waals surface area contributed by atoms with Gasteiger partial charge in [0.25, 0.3) is 0 Å². The van der Waals surface area contributed by atoms with Gasteiger partial charge in [0, 0.05) is 23.3 Å². The number of nitrogens with zero attached hydrogens (tertiary/aromatic N) is 4. The third-order valence-electron chi connectivity index (χ3n) is 4.02. The predicted molar refractivity (Wildman–Crippen MR) is 123 cm³/mol. The summed E-state index contributed by atoms with van der Waals surface area (Å²) in [7, 11) is 1.14. The minimum absolute atomic E-state index is 0.0822. The number of rotatable bonds is 8. The van der Waals surface area contributed by atoms with Crippen LogP contribution in [0, 0.1) is 20.2 Å². The SMILES string of the molecule is CCOC(=O)Cc1ccc([N+](=O)[O-])nc1.COC(=O)C(C(=O)OC(C)(C)C)c1ccc([N+](=O)[O-])nc1. The molecule has 0 radical (unpaired) electrons. The zero-order valence-corrected chi connectivity index (χ0v) is 20.3. The summed E-state index contributed by atoms with van der Waals surface area (Å²) in [4.78, 5) is 61.7. The molecule has 2 aromatic rings. The summed E-state index contributed by atoms with van der Waals surface area (Å²) >= 11 is 0. The molecule has 1 atom stereocenters. The average Bonchev–Trinajstić information content (AvgIpc) is 2.79. The van der Waals surface area contributed by atoms with Crippen LogP contribution in [0.1, 0.15) is 44.7 Å². The summed E-state index contributed by atoms with van der Waals surface area (Å²) in [6.45, 7) is 7.01. The van der Waals surface area contributed by atoms with Crippen molar-refractivity contribution in [3.8, 4) is 0 Å². The Morgan fingerprint density at radius 3 is 1.89 bits per heavy atom. The first-order valence-corrected chi connectivity index (χ1v) is 10.4. The van der Waals surface area contributed by atoms with Crippen LogP contribution in [0.5, 0.6) is 0 Å². The Labute approximate surface area is 205 Å². The van der Waals surface area contributed by atoms with Gasteiger partial charge >= 0.3 is 29.5 Å². The second-order valence-electron chi connectivity index (χ2n) is 7.96. The number of methoxy groups -OCH3 is 1. The molecule has 2 rings (SSSR count). The van der Waals surface area contributed by atoms with Crippen LogP contribution in [-0.4, -0.2) is 57.0 Å². The summed E-state index contributed by atoms with van der Waals surface area (Å²) in [6.07, 6.45) is 2.47. The molecule has 0 spiro atoms. The van der Waals surface area contributed by atoms with E-state index in [9.17, 15) is 34.6 Å². The largest absolute Gasteiger partial charge is 0.468 e. The van der Waals surface area contributed by atoms with Gasteiger partial charge in [-0.1, -0.05) is 0 Å². The van der Waals surface area contributed by atoms with Crippen molar-refractivity contribution in [1.29, 1.82) is 0 Å². The van der Waals surface area contributed by atoms with Gasteiger partial charge in [-0.25, -0.2) is 0 Å². The van der Waals surface area contributed by atoms with E-state index in [2.05, 4.69) is 14.7 Å². The predicted octanol–water partition coefficient (Wildman–Crippen LogP) is 2.68. The monoisotopic (exact) mass is 506 g/mol. The fourth-order valence-electron chi connectivity index (χ4n) is 2.53.